The molecule has 1 heterocycles. The zero-order valence-electron chi connectivity index (χ0n) is 11.5. The van der Waals surface area contributed by atoms with Crippen LogP contribution in [0.15, 0.2) is 18.2 Å². The average molecular weight is 330 g/mol. The van der Waals surface area contributed by atoms with Gasteiger partial charge in [-0.05, 0) is 25.5 Å². The summed E-state index contributed by atoms with van der Waals surface area (Å²) in [6.45, 7) is 5.27. The van der Waals surface area contributed by atoms with Crippen molar-refractivity contribution in [2.75, 3.05) is 6.54 Å². The van der Waals surface area contributed by atoms with E-state index < -0.39 is 0 Å². The fraction of sp³-hybridized carbons (Fsp3) is 0.429. The summed E-state index contributed by atoms with van der Waals surface area (Å²) in [7, 11) is 0. The number of aromatic nitrogens is 2. The van der Waals surface area contributed by atoms with Gasteiger partial charge in [-0.15, -0.1) is 10.2 Å². The summed E-state index contributed by atoms with van der Waals surface area (Å²) in [6.07, 6.45) is 2.08. The van der Waals surface area contributed by atoms with Gasteiger partial charge in [0.05, 0.1) is 16.1 Å². The minimum absolute atomic E-state index is 0.249. The molecule has 6 heteroatoms. The second kappa shape index (κ2) is 7.36. The van der Waals surface area contributed by atoms with E-state index in [-0.39, 0.29) is 6.04 Å². The Labute approximate surface area is 133 Å². The van der Waals surface area contributed by atoms with Gasteiger partial charge in [0.1, 0.15) is 10.0 Å². The van der Waals surface area contributed by atoms with Crippen LogP contribution in [0.2, 0.25) is 10.0 Å². The van der Waals surface area contributed by atoms with Crippen LogP contribution in [0.5, 0.6) is 0 Å². The van der Waals surface area contributed by atoms with E-state index in [0.717, 1.165) is 35.0 Å². The van der Waals surface area contributed by atoms with Gasteiger partial charge in [0.15, 0.2) is 0 Å². The predicted molar refractivity (Wildman–Crippen MR) is 86.7 cm³/mol. The van der Waals surface area contributed by atoms with Gasteiger partial charge in [0.2, 0.25) is 0 Å². The monoisotopic (exact) mass is 329 g/mol. The van der Waals surface area contributed by atoms with Crippen LogP contribution >= 0.6 is 34.5 Å². The van der Waals surface area contributed by atoms with E-state index in [1.54, 1.807) is 17.4 Å². The largest absolute Gasteiger partial charge is 0.308 e. The molecule has 108 valence electrons. The predicted octanol–water partition coefficient (Wildman–Crippen LogP) is 4.96. The summed E-state index contributed by atoms with van der Waals surface area (Å²) < 4.78 is 0. The van der Waals surface area contributed by atoms with Gasteiger partial charge < -0.3 is 5.32 Å². The quantitative estimate of drug-likeness (QED) is 0.813. The fourth-order valence-electron chi connectivity index (χ4n) is 1.88. The van der Waals surface area contributed by atoms with Gasteiger partial charge in [-0.25, -0.2) is 0 Å². The molecule has 0 saturated heterocycles. The van der Waals surface area contributed by atoms with Gasteiger partial charge >= 0.3 is 0 Å². The van der Waals surface area contributed by atoms with E-state index in [2.05, 4.69) is 29.4 Å². The fourth-order valence-corrected chi connectivity index (χ4v) is 3.36. The average Bonchev–Trinajstić information content (AvgIpc) is 2.92. The summed E-state index contributed by atoms with van der Waals surface area (Å²) >= 11 is 13.8. The lowest BCUT2D eigenvalue weighted by molar-refractivity contribution is 0.513. The van der Waals surface area contributed by atoms with Crippen LogP contribution in [-0.4, -0.2) is 16.7 Å². The Morgan fingerprint density at radius 1 is 1.25 bits per heavy atom. The van der Waals surface area contributed by atoms with E-state index in [4.69, 9.17) is 23.2 Å². The van der Waals surface area contributed by atoms with Crippen molar-refractivity contribution < 1.29 is 0 Å². The van der Waals surface area contributed by atoms with E-state index in [1.807, 2.05) is 12.1 Å². The topological polar surface area (TPSA) is 37.8 Å². The summed E-state index contributed by atoms with van der Waals surface area (Å²) in [5, 5.41) is 14.9. The molecule has 0 spiro atoms. The van der Waals surface area contributed by atoms with Crippen molar-refractivity contribution in [2.24, 2.45) is 0 Å². The second-order valence-corrected chi connectivity index (χ2v) is 6.26. The van der Waals surface area contributed by atoms with Crippen LogP contribution in [0.25, 0.3) is 10.6 Å². The third kappa shape index (κ3) is 3.50. The Hall–Kier alpha value is -0.680. The molecule has 0 bridgehead atoms. The van der Waals surface area contributed by atoms with Gasteiger partial charge in [-0.1, -0.05) is 60.5 Å². The molecule has 1 aromatic heterocycles. The SMILES string of the molecule is CCCNC(CC)c1nnc(-c2cccc(Cl)c2Cl)s1. The molecule has 0 amide bonds. The highest BCUT2D eigenvalue weighted by Crippen LogP contribution is 2.36. The second-order valence-electron chi connectivity index (χ2n) is 4.46. The Morgan fingerprint density at radius 3 is 2.75 bits per heavy atom. The molecular formula is C14H17Cl2N3S. The summed E-state index contributed by atoms with van der Waals surface area (Å²) in [5.74, 6) is 0. The molecular weight excluding hydrogens is 313 g/mol. The zero-order chi connectivity index (χ0) is 14.5. The van der Waals surface area contributed by atoms with Crippen molar-refractivity contribution in [2.45, 2.75) is 32.7 Å². The first-order valence-corrected chi connectivity index (χ1v) is 8.25. The molecule has 0 aliphatic rings. The molecule has 1 atom stereocenters. The molecule has 0 radical (unpaired) electrons. The number of hydrogen-bond acceptors (Lipinski definition) is 4. The molecule has 2 aromatic rings. The van der Waals surface area contributed by atoms with Crippen molar-refractivity contribution in [3.8, 4) is 10.6 Å². The van der Waals surface area contributed by atoms with Crippen LogP contribution in [-0.2, 0) is 0 Å². The highest BCUT2D eigenvalue weighted by Gasteiger charge is 2.17. The maximum absolute atomic E-state index is 6.23. The molecule has 1 N–H and O–H groups in total. The first-order valence-electron chi connectivity index (χ1n) is 6.68. The smallest absolute Gasteiger partial charge is 0.149 e. The summed E-state index contributed by atoms with van der Waals surface area (Å²) in [5.41, 5.74) is 0.841. The van der Waals surface area contributed by atoms with E-state index in [9.17, 15) is 0 Å². The highest BCUT2D eigenvalue weighted by atomic mass is 35.5. The van der Waals surface area contributed by atoms with E-state index >= 15 is 0 Å². The van der Waals surface area contributed by atoms with E-state index in [0.29, 0.717) is 10.0 Å². The van der Waals surface area contributed by atoms with Gasteiger partial charge in [0.25, 0.3) is 0 Å². The number of nitrogens with zero attached hydrogens (tertiary/aromatic N) is 2. The van der Waals surface area contributed by atoms with Crippen molar-refractivity contribution in [3.63, 3.8) is 0 Å². The maximum atomic E-state index is 6.23. The molecule has 20 heavy (non-hydrogen) atoms. The molecule has 2 rings (SSSR count). The minimum Gasteiger partial charge on any atom is -0.308 e. The minimum atomic E-state index is 0.249. The lowest BCUT2D eigenvalue weighted by Gasteiger charge is -2.12. The number of hydrogen-bond donors (Lipinski definition) is 1. The highest BCUT2D eigenvalue weighted by molar-refractivity contribution is 7.14. The Morgan fingerprint density at radius 2 is 2.05 bits per heavy atom. The Bertz CT molecular complexity index is 571. The zero-order valence-corrected chi connectivity index (χ0v) is 13.8. The standard InChI is InChI=1S/C14H17Cl2N3S/c1-3-8-17-11(4-2)14-19-18-13(20-14)9-6-5-7-10(15)12(9)16/h5-7,11,17H,3-4,8H2,1-2H3. The molecule has 0 saturated carbocycles. The third-order valence-corrected chi connectivity index (χ3v) is 4.86. The molecule has 1 aromatic carbocycles. The molecule has 0 aliphatic carbocycles. The molecule has 0 aliphatic heterocycles. The van der Waals surface area contributed by atoms with Gasteiger partial charge in [-0.3, -0.25) is 0 Å². The normalized spacial score (nSPS) is 12.6. The maximum Gasteiger partial charge on any atom is 0.149 e. The molecule has 1 unspecified atom stereocenters. The first kappa shape index (κ1) is 15.7. The Balaban J connectivity index is 2.26. The summed E-state index contributed by atoms with van der Waals surface area (Å²) in [4.78, 5) is 0. The van der Waals surface area contributed by atoms with Crippen molar-refractivity contribution in [1.29, 1.82) is 0 Å². The van der Waals surface area contributed by atoms with Crippen LogP contribution in [0.4, 0.5) is 0 Å². The lowest BCUT2D eigenvalue weighted by atomic mass is 10.2. The van der Waals surface area contributed by atoms with Crippen LogP contribution in [0, 0.1) is 0 Å². The lowest BCUT2D eigenvalue weighted by Crippen LogP contribution is -2.21. The van der Waals surface area contributed by atoms with Crippen LogP contribution < -0.4 is 5.32 Å². The van der Waals surface area contributed by atoms with Crippen LogP contribution in [0.3, 0.4) is 0 Å². The molecule has 0 fully saturated rings. The summed E-state index contributed by atoms with van der Waals surface area (Å²) in [6, 6.07) is 5.81. The third-order valence-electron chi connectivity index (χ3n) is 2.97. The van der Waals surface area contributed by atoms with Crippen molar-refractivity contribution in [1.82, 2.24) is 15.5 Å². The number of rotatable bonds is 6. The Kier molecular flexibility index (Phi) is 5.78. The van der Waals surface area contributed by atoms with E-state index in [1.165, 1.54) is 0 Å². The first-order chi connectivity index (χ1) is 9.67. The number of benzene rings is 1. The van der Waals surface area contributed by atoms with Crippen molar-refractivity contribution in [3.05, 3.63) is 33.3 Å². The van der Waals surface area contributed by atoms with Gasteiger partial charge in [0, 0.05) is 5.56 Å². The van der Waals surface area contributed by atoms with Crippen molar-refractivity contribution >= 4 is 34.5 Å². The number of halogens is 2. The van der Waals surface area contributed by atoms with Crippen LogP contribution in [0.1, 0.15) is 37.7 Å². The molecule has 3 nitrogen and oxygen atoms in total. The van der Waals surface area contributed by atoms with Gasteiger partial charge in [-0.2, -0.15) is 0 Å². The number of nitrogens with one attached hydrogen (secondary N) is 1.